The summed E-state index contributed by atoms with van der Waals surface area (Å²) in [5.41, 5.74) is 6.65. The summed E-state index contributed by atoms with van der Waals surface area (Å²) in [4.78, 5) is 19.4. The van der Waals surface area contributed by atoms with Crippen LogP contribution >= 0.6 is 0 Å². The second kappa shape index (κ2) is 5.13. The van der Waals surface area contributed by atoms with Crippen LogP contribution in [-0.4, -0.2) is 23.0 Å². The average Bonchev–Trinajstić information content (AvgIpc) is 2.41. The van der Waals surface area contributed by atoms with Gasteiger partial charge in [-0.05, 0) is 24.3 Å². The van der Waals surface area contributed by atoms with Crippen molar-refractivity contribution in [2.75, 3.05) is 18.2 Å². The Bertz CT molecular complexity index is 554. The van der Waals surface area contributed by atoms with Crippen molar-refractivity contribution in [2.45, 2.75) is 0 Å². The zero-order chi connectivity index (χ0) is 13.0. The SMILES string of the molecule is COC(=O)c1ccc(Nc2ncccc2N)nc1. The topological polar surface area (TPSA) is 90.1 Å². The van der Waals surface area contributed by atoms with Crippen molar-refractivity contribution in [3.63, 3.8) is 0 Å². The summed E-state index contributed by atoms with van der Waals surface area (Å²) >= 11 is 0. The lowest BCUT2D eigenvalue weighted by Crippen LogP contribution is -2.04. The molecule has 3 N–H and O–H groups in total. The molecular weight excluding hydrogens is 232 g/mol. The summed E-state index contributed by atoms with van der Waals surface area (Å²) in [5, 5.41) is 2.96. The smallest absolute Gasteiger partial charge is 0.339 e. The number of nitrogens with two attached hydrogens (primary N) is 1. The van der Waals surface area contributed by atoms with Gasteiger partial charge in [0.1, 0.15) is 5.82 Å². The van der Waals surface area contributed by atoms with E-state index in [1.165, 1.54) is 13.3 Å². The molecule has 2 aromatic heterocycles. The largest absolute Gasteiger partial charge is 0.465 e. The summed E-state index contributed by atoms with van der Waals surface area (Å²) in [7, 11) is 1.32. The van der Waals surface area contributed by atoms with E-state index in [1.54, 1.807) is 30.5 Å². The van der Waals surface area contributed by atoms with E-state index in [2.05, 4.69) is 20.0 Å². The maximum atomic E-state index is 11.2. The number of hydrogen-bond acceptors (Lipinski definition) is 6. The van der Waals surface area contributed by atoms with E-state index in [4.69, 9.17) is 5.73 Å². The second-order valence-corrected chi connectivity index (χ2v) is 3.49. The summed E-state index contributed by atoms with van der Waals surface area (Å²) in [6, 6.07) is 6.74. The molecule has 0 atom stereocenters. The normalized spacial score (nSPS) is 9.83. The third-order valence-corrected chi connectivity index (χ3v) is 2.27. The molecule has 0 bridgehead atoms. The van der Waals surface area contributed by atoms with E-state index in [0.29, 0.717) is 22.9 Å². The van der Waals surface area contributed by atoms with Crippen LogP contribution in [-0.2, 0) is 4.74 Å². The Morgan fingerprint density at radius 1 is 1.33 bits per heavy atom. The number of nitrogens with zero attached hydrogens (tertiary/aromatic N) is 2. The fourth-order valence-corrected chi connectivity index (χ4v) is 1.35. The Balaban J connectivity index is 2.16. The number of nitrogen functional groups attached to an aromatic ring is 1. The molecule has 2 heterocycles. The number of ether oxygens (including phenoxy) is 1. The van der Waals surface area contributed by atoms with Gasteiger partial charge in [-0.2, -0.15) is 0 Å². The van der Waals surface area contributed by atoms with E-state index < -0.39 is 5.97 Å². The molecule has 6 nitrogen and oxygen atoms in total. The molecule has 18 heavy (non-hydrogen) atoms. The first kappa shape index (κ1) is 11.8. The van der Waals surface area contributed by atoms with E-state index in [-0.39, 0.29) is 0 Å². The lowest BCUT2D eigenvalue weighted by molar-refractivity contribution is 0.0600. The van der Waals surface area contributed by atoms with Crippen LogP contribution in [0.4, 0.5) is 17.3 Å². The van der Waals surface area contributed by atoms with Crippen LogP contribution in [0.2, 0.25) is 0 Å². The summed E-state index contributed by atoms with van der Waals surface area (Å²) < 4.78 is 4.58. The Hall–Kier alpha value is -2.63. The summed E-state index contributed by atoms with van der Waals surface area (Å²) in [5.74, 6) is 0.648. The van der Waals surface area contributed by atoms with Gasteiger partial charge >= 0.3 is 5.97 Å². The molecule has 0 saturated heterocycles. The molecule has 0 unspecified atom stereocenters. The Labute approximate surface area is 104 Å². The number of aromatic nitrogens is 2. The zero-order valence-corrected chi connectivity index (χ0v) is 9.75. The van der Waals surface area contributed by atoms with Crippen molar-refractivity contribution >= 4 is 23.3 Å². The summed E-state index contributed by atoms with van der Waals surface area (Å²) in [6.45, 7) is 0. The van der Waals surface area contributed by atoms with Crippen molar-refractivity contribution in [3.8, 4) is 0 Å². The molecule has 0 radical (unpaired) electrons. The monoisotopic (exact) mass is 244 g/mol. The molecule has 0 aliphatic carbocycles. The first-order valence-corrected chi connectivity index (χ1v) is 5.22. The molecule has 2 rings (SSSR count). The maximum absolute atomic E-state index is 11.2. The fraction of sp³-hybridized carbons (Fsp3) is 0.0833. The highest BCUT2D eigenvalue weighted by Gasteiger charge is 2.06. The lowest BCUT2D eigenvalue weighted by Gasteiger charge is -2.07. The molecule has 0 aromatic carbocycles. The minimum Gasteiger partial charge on any atom is -0.465 e. The predicted molar refractivity (Wildman–Crippen MR) is 67.5 cm³/mol. The van der Waals surface area contributed by atoms with Crippen molar-refractivity contribution in [1.29, 1.82) is 0 Å². The highest BCUT2D eigenvalue weighted by molar-refractivity contribution is 5.89. The third kappa shape index (κ3) is 2.54. The van der Waals surface area contributed by atoms with Gasteiger partial charge in [-0.25, -0.2) is 14.8 Å². The summed E-state index contributed by atoms with van der Waals surface area (Å²) in [6.07, 6.45) is 3.05. The number of anilines is 3. The molecule has 0 aliphatic rings. The van der Waals surface area contributed by atoms with Gasteiger partial charge in [-0.1, -0.05) is 0 Å². The van der Waals surface area contributed by atoms with Gasteiger partial charge in [-0.3, -0.25) is 0 Å². The number of carbonyl (C=O) groups excluding carboxylic acids is 1. The Morgan fingerprint density at radius 3 is 2.78 bits per heavy atom. The number of nitrogens with one attached hydrogen (secondary N) is 1. The van der Waals surface area contributed by atoms with Crippen LogP contribution in [0.1, 0.15) is 10.4 Å². The molecule has 6 heteroatoms. The van der Waals surface area contributed by atoms with Gasteiger partial charge in [-0.15, -0.1) is 0 Å². The van der Waals surface area contributed by atoms with Crippen LogP contribution in [0.3, 0.4) is 0 Å². The van der Waals surface area contributed by atoms with Gasteiger partial charge in [0.15, 0.2) is 5.82 Å². The predicted octanol–water partition coefficient (Wildman–Crippen LogP) is 1.59. The van der Waals surface area contributed by atoms with Crippen molar-refractivity contribution in [1.82, 2.24) is 9.97 Å². The van der Waals surface area contributed by atoms with E-state index in [1.807, 2.05) is 0 Å². The highest BCUT2D eigenvalue weighted by atomic mass is 16.5. The average molecular weight is 244 g/mol. The quantitative estimate of drug-likeness (QED) is 0.797. The third-order valence-electron chi connectivity index (χ3n) is 2.27. The van der Waals surface area contributed by atoms with Crippen LogP contribution in [0.5, 0.6) is 0 Å². The van der Waals surface area contributed by atoms with Crippen molar-refractivity contribution < 1.29 is 9.53 Å². The number of carbonyl (C=O) groups is 1. The Morgan fingerprint density at radius 2 is 2.17 bits per heavy atom. The molecule has 0 saturated carbocycles. The Kier molecular flexibility index (Phi) is 3.38. The molecule has 92 valence electrons. The number of pyridine rings is 2. The molecule has 0 amide bonds. The molecule has 2 aromatic rings. The molecular formula is C12H12N4O2. The van der Waals surface area contributed by atoms with Gasteiger partial charge < -0.3 is 15.8 Å². The lowest BCUT2D eigenvalue weighted by atomic mass is 10.3. The van der Waals surface area contributed by atoms with Crippen molar-refractivity contribution in [2.24, 2.45) is 0 Å². The minimum absolute atomic E-state index is 0.386. The first-order valence-electron chi connectivity index (χ1n) is 5.22. The number of esters is 1. The second-order valence-electron chi connectivity index (χ2n) is 3.49. The van der Waals surface area contributed by atoms with E-state index in [0.717, 1.165) is 0 Å². The van der Waals surface area contributed by atoms with Crippen LogP contribution < -0.4 is 11.1 Å². The fourth-order valence-electron chi connectivity index (χ4n) is 1.35. The zero-order valence-electron chi connectivity index (χ0n) is 9.75. The highest BCUT2D eigenvalue weighted by Crippen LogP contribution is 2.18. The van der Waals surface area contributed by atoms with Crippen molar-refractivity contribution in [3.05, 3.63) is 42.2 Å². The van der Waals surface area contributed by atoms with Crippen LogP contribution in [0.15, 0.2) is 36.7 Å². The minimum atomic E-state index is -0.425. The van der Waals surface area contributed by atoms with Gasteiger partial charge in [0, 0.05) is 12.4 Å². The number of methoxy groups -OCH3 is 1. The first-order chi connectivity index (χ1) is 8.70. The number of rotatable bonds is 3. The van der Waals surface area contributed by atoms with Gasteiger partial charge in [0.25, 0.3) is 0 Å². The van der Waals surface area contributed by atoms with Gasteiger partial charge in [0.05, 0.1) is 18.4 Å². The number of hydrogen-bond donors (Lipinski definition) is 2. The van der Waals surface area contributed by atoms with Crippen LogP contribution in [0, 0.1) is 0 Å². The molecule has 0 spiro atoms. The van der Waals surface area contributed by atoms with Gasteiger partial charge in [0.2, 0.25) is 0 Å². The maximum Gasteiger partial charge on any atom is 0.339 e. The standard InChI is InChI=1S/C12H12N4O2/c1-18-12(17)8-4-5-10(15-7-8)16-11-9(13)3-2-6-14-11/h2-7H,13H2,1H3,(H,14,15,16). The van der Waals surface area contributed by atoms with E-state index in [9.17, 15) is 4.79 Å². The van der Waals surface area contributed by atoms with E-state index >= 15 is 0 Å². The van der Waals surface area contributed by atoms with Crippen LogP contribution in [0.25, 0.3) is 0 Å². The molecule has 0 aliphatic heterocycles. The molecule has 0 fully saturated rings.